The van der Waals surface area contributed by atoms with E-state index in [1.807, 2.05) is 6.07 Å². The van der Waals surface area contributed by atoms with Gasteiger partial charge in [-0.1, -0.05) is 18.0 Å². The Morgan fingerprint density at radius 2 is 1.86 bits per heavy atom. The van der Waals surface area contributed by atoms with Crippen LogP contribution < -0.4 is 25.0 Å². The summed E-state index contributed by atoms with van der Waals surface area (Å²) in [7, 11) is 1.58. The van der Waals surface area contributed by atoms with Crippen LogP contribution >= 0.6 is 23.8 Å². The average Bonchev–Trinajstić information content (AvgIpc) is 3.02. The molecule has 4 aromatic rings. The van der Waals surface area contributed by atoms with E-state index < -0.39 is 11.6 Å². The van der Waals surface area contributed by atoms with Gasteiger partial charge in [-0.15, -0.1) is 0 Å². The van der Waals surface area contributed by atoms with Crippen molar-refractivity contribution in [1.82, 2.24) is 15.3 Å². The number of nitrogens with one attached hydrogen (secondary N) is 2. The molecule has 0 amide bonds. The number of benzene rings is 3. The number of fused-ring (bicyclic) bond motifs is 1. The second kappa shape index (κ2) is 15.1. The number of piperidine rings is 1. The molecule has 1 aliphatic heterocycles. The number of anilines is 1. The Bertz CT molecular complexity index is 1650. The summed E-state index contributed by atoms with van der Waals surface area (Å²) in [6, 6.07) is 13.6. The van der Waals surface area contributed by atoms with Crippen LogP contribution in [0.1, 0.15) is 31.2 Å². The topological polar surface area (TPSA) is 80.2 Å². The van der Waals surface area contributed by atoms with Crippen molar-refractivity contribution in [3.8, 4) is 23.0 Å². The standard InChI is InChI=1S/C32H32ClF2N5O3S/c1-41-30-18-24-27(19-31(30)42-15-5-14-40-12-3-2-4-13-40)36-11-10-28(24)43-29-9-8-23(17-26(29)35)38-32(44)39-37-20-21-6-7-22(34)16-25(21)33/h6-11,16-20H,2-5,12-15H2,1H3,(H2,38,39,44)/b37-20+. The van der Waals surface area contributed by atoms with E-state index in [1.54, 1.807) is 31.5 Å². The molecule has 2 heterocycles. The number of hydrogen-bond acceptors (Lipinski definition) is 7. The zero-order valence-corrected chi connectivity index (χ0v) is 25.7. The largest absolute Gasteiger partial charge is 0.493 e. The maximum Gasteiger partial charge on any atom is 0.191 e. The molecule has 1 aromatic heterocycles. The van der Waals surface area contributed by atoms with Gasteiger partial charge in [0.1, 0.15) is 11.6 Å². The Labute approximate surface area is 265 Å². The second-order valence-corrected chi connectivity index (χ2v) is 11.0. The lowest BCUT2D eigenvalue weighted by atomic mass is 10.1. The first-order valence-corrected chi connectivity index (χ1v) is 15.0. The normalized spacial score (nSPS) is 13.6. The number of rotatable bonds is 11. The van der Waals surface area contributed by atoms with E-state index in [-0.39, 0.29) is 15.9 Å². The molecule has 0 aliphatic carbocycles. The van der Waals surface area contributed by atoms with Crippen LogP contribution in [0.15, 0.2) is 65.9 Å². The lowest BCUT2D eigenvalue weighted by molar-refractivity contribution is 0.203. The second-order valence-electron chi connectivity index (χ2n) is 10.2. The lowest BCUT2D eigenvalue weighted by Crippen LogP contribution is -2.31. The maximum absolute atomic E-state index is 15.1. The van der Waals surface area contributed by atoms with Gasteiger partial charge in [-0.2, -0.15) is 5.10 Å². The molecule has 0 spiro atoms. The molecular weight excluding hydrogens is 608 g/mol. The highest BCUT2D eigenvalue weighted by Crippen LogP contribution is 2.38. The van der Waals surface area contributed by atoms with Crippen molar-refractivity contribution < 1.29 is 23.0 Å². The molecule has 0 radical (unpaired) electrons. The highest BCUT2D eigenvalue weighted by molar-refractivity contribution is 7.80. The first-order chi connectivity index (χ1) is 21.4. The number of halogens is 3. The van der Waals surface area contributed by atoms with Gasteiger partial charge in [0, 0.05) is 41.5 Å². The SMILES string of the molecule is COc1cc2c(Oc3ccc(NC(=S)N/N=C/c4ccc(F)cc4Cl)cc3F)ccnc2cc1OCCCN1CCCCC1. The molecule has 1 aliphatic rings. The van der Waals surface area contributed by atoms with Crippen LogP contribution in [0.3, 0.4) is 0 Å². The molecule has 3 aromatic carbocycles. The summed E-state index contributed by atoms with van der Waals surface area (Å²) in [6.07, 6.45) is 7.75. The van der Waals surface area contributed by atoms with Crippen LogP contribution in [0.4, 0.5) is 14.5 Å². The molecular formula is C32H32ClF2N5O3S. The van der Waals surface area contributed by atoms with Gasteiger partial charge in [-0.25, -0.2) is 8.78 Å². The van der Waals surface area contributed by atoms with Gasteiger partial charge < -0.3 is 24.4 Å². The molecule has 12 heteroatoms. The number of hydrazone groups is 1. The van der Waals surface area contributed by atoms with Crippen molar-refractivity contribution in [1.29, 1.82) is 0 Å². The zero-order valence-electron chi connectivity index (χ0n) is 24.1. The third kappa shape index (κ3) is 8.31. The van der Waals surface area contributed by atoms with E-state index in [2.05, 4.69) is 25.7 Å². The number of thiocarbonyl (C=S) groups is 1. The number of aromatic nitrogens is 1. The molecule has 0 unspecified atom stereocenters. The molecule has 0 saturated carbocycles. The van der Waals surface area contributed by atoms with Crippen molar-refractivity contribution in [2.75, 3.05) is 38.7 Å². The van der Waals surface area contributed by atoms with E-state index in [1.165, 1.54) is 55.8 Å². The van der Waals surface area contributed by atoms with Crippen molar-refractivity contribution in [2.24, 2.45) is 5.10 Å². The van der Waals surface area contributed by atoms with Gasteiger partial charge in [0.05, 0.1) is 30.5 Å². The summed E-state index contributed by atoms with van der Waals surface area (Å²) in [4.78, 5) is 6.94. The molecule has 5 rings (SSSR count). The smallest absolute Gasteiger partial charge is 0.191 e. The Morgan fingerprint density at radius 3 is 2.64 bits per heavy atom. The third-order valence-corrected chi connectivity index (χ3v) is 7.57. The minimum Gasteiger partial charge on any atom is -0.493 e. The summed E-state index contributed by atoms with van der Waals surface area (Å²) in [6.45, 7) is 3.88. The Hall–Kier alpha value is -4.06. The van der Waals surface area contributed by atoms with Gasteiger partial charge in [-0.05, 0) is 87.0 Å². The van der Waals surface area contributed by atoms with Gasteiger partial charge in [0.25, 0.3) is 0 Å². The average molecular weight is 640 g/mol. The Balaban J connectivity index is 1.21. The van der Waals surface area contributed by atoms with Crippen molar-refractivity contribution in [3.63, 3.8) is 0 Å². The summed E-state index contributed by atoms with van der Waals surface area (Å²) < 4.78 is 45.9. The molecule has 1 fully saturated rings. The van der Waals surface area contributed by atoms with Crippen LogP contribution in [-0.2, 0) is 0 Å². The zero-order chi connectivity index (χ0) is 30.9. The molecule has 44 heavy (non-hydrogen) atoms. The van der Waals surface area contributed by atoms with E-state index in [9.17, 15) is 4.39 Å². The van der Waals surface area contributed by atoms with E-state index in [0.29, 0.717) is 46.0 Å². The van der Waals surface area contributed by atoms with Gasteiger partial charge in [0.15, 0.2) is 28.2 Å². The number of nitrogens with zero attached hydrogens (tertiary/aromatic N) is 3. The summed E-state index contributed by atoms with van der Waals surface area (Å²) in [5, 5.41) is 7.80. The molecule has 1 saturated heterocycles. The minimum absolute atomic E-state index is 0.0166. The van der Waals surface area contributed by atoms with E-state index in [0.717, 1.165) is 26.1 Å². The molecule has 0 atom stereocenters. The molecule has 0 bridgehead atoms. The molecule has 2 N–H and O–H groups in total. The summed E-state index contributed by atoms with van der Waals surface area (Å²) in [5.41, 5.74) is 4.13. The quantitative estimate of drug-likeness (QED) is 0.0754. The van der Waals surface area contributed by atoms with Gasteiger partial charge >= 0.3 is 0 Å². The number of ether oxygens (including phenoxy) is 3. The maximum atomic E-state index is 15.1. The van der Waals surface area contributed by atoms with Gasteiger partial charge in [0.2, 0.25) is 0 Å². The van der Waals surface area contributed by atoms with Crippen LogP contribution in [0.5, 0.6) is 23.0 Å². The Kier molecular flexibility index (Phi) is 10.8. The monoisotopic (exact) mass is 639 g/mol. The molecule has 230 valence electrons. The number of methoxy groups -OCH3 is 1. The Morgan fingerprint density at radius 1 is 1.02 bits per heavy atom. The van der Waals surface area contributed by atoms with E-state index in [4.69, 9.17) is 38.0 Å². The fourth-order valence-electron chi connectivity index (χ4n) is 4.85. The third-order valence-electron chi connectivity index (χ3n) is 7.05. The van der Waals surface area contributed by atoms with Crippen LogP contribution in [0.25, 0.3) is 10.9 Å². The first-order valence-electron chi connectivity index (χ1n) is 14.2. The minimum atomic E-state index is -0.606. The first kappa shape index (κ1) is 31.4. The van der Waals surface area contributed by atoms with Crippen molar-refractivity contribution >= 4 is 51.7 Å². The lowest BCUT2D eigenvalue weighted by Gasteiger charge is -2.26. The van der Waals surface area contributed by atoms with Crippen LogP contribution in [-0.4, -0.2) is 54.6 Å². The predicted molar refractivity (Wildman–Crippen MR) is 174 cm³/mol. The summed E-state index contributed by atoms with van der Waals surface area (Å²) >= 11 is 11.2. The number of pyridine rings is 1. The van der Waals surface area contributed by atoms with Crippen LogP contribution in [0, 0.1) is 11.6 Å². The highest BCUT2D eigenvalue weighted by atomic mass is 35.5. The van der Waals surface area contributed by atoms with Crippen molar-refractivity contribution in [2.45, 2.75) is 25.7 Å². The highest BCUT2D eigenvalue weighted by Gasteiger charge is 2.15. The molecule has 8 nitrogen and oxygen atoms in total. The van der Waals surface area contributed by atoms with Crippen molar-refractivity contribution in [3.05, 3.63) is 83.0 Å². The predicted octanol–water partition coefficient (Wildman–Crippen LogP) is 7.54. The number of hydrogen-bond donors (Lipinski definition) is 2. The van der Waals surface area contributed by atoms with Gasteiger partial charge in [-0.3, -0.25) is 10.4 Å². The fraction of sp³-hybridized carbons (Fsp3) is 0.281. The summed E-state index contributed by atoms with van der Waals surface area (Å²) in [5.74, 6) is 0.512. The number of likely N-dealkylation sites (tertiary alicyclic amines) is 1. The van der Waals surface area contributed by atoms with E-state index >= 15 is 4.39 Å². The van der Waals surface area contributed by atoms with Crippen LogP contribution in [0.2, 0.25) is 5.02 Å². The fourth-order valence-corrected chi connectivity index (χ4v) is 5.24.